The average Bonchev–Trinajstić information content (AvgIpc) is 3.03. The van der Waals surface area contributed by atoms with Gasteiger partial charge in [-0.1, -0.05) is 23.9 Å². The molecule has 4 rings (SSSR count). The molecule has 5 nitrogen and oxygen atoms in total. The number of thioether (sulfide) groups is 1. The van der Waals surface area contributed by atoms with E-state index in [1.807, 2.05) is 30.3 Å². The Bertz CT molecular complexity index is 912. The zero-order valence-corrected chi connectivity index (χ0v) is 16.2. The number of benzene rings is 2. The minimum absolute atomic E-state index is 0.0957. The van der Waals surface area contributed by atoms with Crippen LogP contribution in [-0.2, 0) is 4.79 Å². The number of thiazole rings is 1. The SMILES string of the molecule is O=C(CSc1nc2ccccc2s1)Nc1cc2c(cc1Br)OCCO2. The van der Waals surface area contributed by atoms with Crippen molar-refractivity contribution in [1.29, 1.82) is 0 Å². The third-order valence-corrected chi connectivity index (χ3v) is 6.34. The van der Waals surface area contributed by atoms with Crippen LogP contribution < -0.4 is 14.8 Å². The summed E-state index contributed by atoms with van der Waals surface area (Å²) in [6, 6.07) is 11.5. The Balaban J connectivity index is 1.42. The molecule has 128 valence electrons. The van der Waals surface area contributed by atoms with Crippen molar-refractivity contribution >= 4 is 60.8 Å². The number of fused-ring (bicyclic) bond motifs is 2. The fourth-order valence-corrected chi connectivity index (χ4v) is 4.68. The molecule has 2 aromatic carbocycles. The Morgan fingerprint density at radius 3 is 2.80 bits per heavy atom. The first kappa shape index (κ1) is 16.7. The lowest BCUT2D eigenvalue weighted by Gasteiger charge is -2.20. The number of hydrogen-bond acceptors (Lipinski definition) is 6. The molecule has 3 aromatic rings. The van der Waals surface area contributed by atoms with Gasteiger partial charge in [-0.3, -0.25) is 4.79 Å². The van der Waals surface area contributed by atoms with E-state index in [0.29, 0.717) is 36.2 Å². The number of hydrogen-bond donors (Lipinski definition) is 1. The Labute approximate surface area is 160 Å². The number of rotatable bonds is 4. The molecule has 25 heavy (non-hydrogen) atoms. The lowest BCUT2D eigenvalue weighted by molar-refractivity contribution is -0.113. The molecule has 0 saturated carbocycles. The van der Waals surface area contributed by atoms with Gasteiger partial charge < -0.3 is 14.8 Å². The van der Waals surface area contributed by atoms with Crippen LogP contribution in [0.25, 0.3) is 10.2 Å². The molecule has 0 radical (unpaired) electrons. The molecule has 1 amide bonds. The van der Waals surface area contributed by atoms with Crippen LogP contribution in [-0.4, -0.2) is 29.9 Å². The number of anilines is 1. The van der Waals surface area contributed by atoms with Gasteiger partial charge in [0.25, 0.3) is 0 Å². The number of aromatic nitrogens is 1. The summed E-state index contributed by atoms with van der Waals surface area (Å²) in [4.78, 5) is 16.8. The summed E-state index contributed by atoms with van der Waals surface area (Å²) in [5.41, 5.74) is 1.63. The minimum Gasteiger partial charge on any atom is -0.486 e. The number of halogens is 1. The van der Waals surface area contributed by atoms with Crippen molar-refractivity contribution in [1.82, 2.24) is 4.98 Å². The minimum atomic E-state index is -0.0957. The van der Waals surface area contributed by atoms with Crippen LogP contribution in [0.2, 0.25) is 0 Å². The van der Waals surface area contributed by atoms with Gasteiger partial charge in [0, 0.05) is 16.6 Å². The molecule has 0 fully saturated rings. The Hall–Kier alpha value is -1.77. The van der Waals surface area contributed by atoms with Crippen molar-refractivity contribution in [3.8, 4) is 11.5 Å². The summed E-state index contributed by atoms with van der Waals surface area (Å²) in [6.07, 6.45) is 0. The monoisotopic (exact) mass is 436 g/mol. The van der Waals surface area contributed by atoms with Crippen LogP contribution in [0, 0.1) is 0 Å². The predicted molar refractivity (Wildman–Crippen MR) is 104 cm³/mol. The number of nitrogens with zero attached hydrogens (tertiary/aromatic N) is 1. The quantitative estimate of drug-likeness (QED) is 0.607. The molecule has 0 atom stereocenters. The van der Waals surface area contributed by atoms with Gasteiger partial charge in [-0.15, -0.1) is 11.3 Å². The van der Waals surface area contributed by atoms with Crippen LogP contribution >= 0.6 is 39.0 Å². The van der Waals surface area contributed by atoms with Gasteiger partial charge in [-0.05, 0) is 28.1 Å². The van der Waals surface area contributed by atoms with Gasteiger partial charge in [0.05, 0.1) is 21.7 Å². The molecule has 1 aliphatic rings. The second kappa shape index (κ2) is 7.23. The van der Waals surface area contributed by atoms with Crippen LogP contribution in [0.5, 0.6) is 11.5 Å². The smallest absolute Gasteiger partial charge is 0.234 e. The summed E-state index contributed by atoms with van der Waals surface area (Å²) in [7, 11) is 0. The number of carbonyl (C=O) groups is 1. The summed E-state index contributed by atoms with van der Waals surface area (Å²) >= 11 is 6.48. The number of ether oxygens (including phenoxy) is 2. The fourth-order valence-electron chi connectivity index (χ4n) is 2.39. The second-order valence-electron chi connectivity index (χ2n) is 5.26. The summed E-state index contributed by atoms with van der Waals surface area (Å²) in [5, 5.41) is 2.90. The number of carbonyl (C=O) groups excluding carboxylic acids is 1. The Morgan fingerprint density at radius 1 is 1.24 bits per heavy atom. The highest BCUT2D eigenvalue weighted by atomic mass is 79.9. The number of nitrogens with one attached hydrogen (secondary N) is 1. The molecule has 1 aliphatic heterocycles. The van der Waals surface area contributed by atoms with Crippen molar-refractivity contribution in [3.05, 3.63) is 40.9 Å². The zero-order valence-electron chi connectivity index (χ0n) is 13.0. The first-order valence-electron chi connectivity index (χ1n) is 7.56. The Kier molecular flexibility index (Phi) is 4.82. The first-order valence-corrected chi connectivity index (χ1v) is 10.2. The van der Waals surface area contributed by atoms with E-state index >= 15 is 0 Å². The molecule has 8 heteroatoms. The van der Waals surface area contributed by atoms with E-state index in [1.54, 1.807) is 17.4 Å². The van der Waals surface area contributed by atoms with E-state index in [-0.39, 0.29) is 5.91 Å². The maximum absolute atomic E-state index is 12.3. The molecular formula is C17H13BrN2O3S2. The normalized spacial score (nSPS) is 13.0. The van der Waals surface area contributed by atoms with Crippen molar-refractivity contribution < 1.29 is 14.3 Å². The van der Waals surface area contributed by atoms with Crippen molar-refractivity contribution in [2.75, 3.05) is 24.3 Å². The maximum atomic E-state index is 12.3. The van der Waals surface area contributed by atoms with E-state index in [9.17, 15) is 4.79 Å². The van der Waals surface area contributed by atoms with Crippen LogP contribution in [0.1, 0.15) is 0 Å². The maximum Gasteiger partial charge on any atom is 0.234 e. The molecule has 2 heterocycles. The summed E-state index contributed by atoms with van der Waals surface area (Å²) in [6.45, 7) is 1.04. The molecule has 0 aliphatic carbocycles. The highest BCUT2D eigenvalue weighted by molar-refractivity contribution is 9.10. The third-order valence-electron chi connectivity index (χ3n) is 3.51. The standard InChI is InChI=1S/C17H13BrN2O3S2/c18-10-7-13-14(23-6-5-22-13)8-12(10)19-16(21)9-24-17-20-11-3-1-2-4-15(11)25-17/h1-4,7-8H,5-6,9H2,(H,19,21). The lowest BCUT2D eigenvalue weighted by Crippen LogP contribution is -2.17. The largest absolute Gasteiger partial charge is 0.486 e. The van der Waals surface area contributed by atoms with E-state index in [1.165, 1.54) is 11.8 Å². The van der Waals surface area contributed by atoms with Crippen molar-refractivity contribution in [2.45, 2.75) is 4.34 Å². The predicted octanol–water partition coefficient (Wildman–Crippen LogP) is 4.56. The summed E-state index contributed by atoms with van der Waals surface area (Å²) in [5.74, 6) is 1.52. The van der Waals surface area contributed by atoms with E-state index < -0.39 is 0 Å². The molecule has 0 bridgehead atoms. The van der Waals surface area contributed by atoms with Gasteiger partial charge >= 0.3 is 0 Å². The third kappa shape index (κ3) is 3.75. The topological polar surface area (TPSA) is 60.5 Å². The molecule has 0 unspecified atom stereocenters. The van der Waals surface area contributed by atoms with Gasteiger partial charge in [-0.25, -0.2) is 4.98 Å². The molecule has 0 saturated heterocycles. The molecular weight excluding hydrogens is 424 g/mol. The first-order chi connectivity index (χ1) is 12.2. The second-order valence-corrected chi connectivity index (χ2v) is 8.37. The average molecular weight is 437 g/mol. The number of para-hydroxylation sites is 1. The highest BCUT2D eigenvalue weighted by Crippen LogP contribution is 2.38. The van der Waals surface area contributed by atoms with E-state index in [0.717, 1.165) is 19.0 Å². The van der Waals surface area contributed by atoms with Gasteiger partial charge in [0.2, 0.25) is 5.91 Å². The fraction of sp³-hybridized carbons (Fsp3) is 0.176. The molecule has 0 spiro atoms. The van der Waals surface area contributed by atoms with Crippen LogP contribution in [0.3, 0.4) is 0 Å². The lowest BCUT2D eigenvalue weighted by atomic mass is 10.2. The van der Waals surface area contributed by atoms with E-state index in [2.05, 4.69) is 26.2 Å². The van der Waals surface area contributed by atoms with Crippen LogP contribution in [0.4, 0.5) is 5.69 Å². The van der Waals surface area contributed by atoms with Gasteiger partial charge in [0.1, 0.15) is 13.2 Å². The van der Waals surface area contributed by atoms with Gasteiger partial charge in [0.15, 0.2) is 15.8 Å². The van der Waals surface area contributed by atoms with E-state index in [4.69, 9.17) is 9.47 Å². The highest BCUT2D eigenvalue weighted by Gasteiger charge is 2.16. The Morgan fingerprint density at radius 2 is 2.00 bits per heavy atom. The molecule has 1 N–H and O–H groups in total. The molecule has 1 aromatic heterocycles. The number of amides is 1. The zero-order chi connectivity index (χ0) is 17.2. The van der Waals surface area contributed by atoms with Crippen LogP contribution in [0.15, 0.2) is 45.2 Å². The van der Waals surface area contributed by atoms with Gasteiger partial charge in [-0.2, -0.15) is 0 Å². The van der Waals surface area contributed by atoms with Crippen molar-refractivity contribution in [3.63, 3.8) is 0 Å². The summed E-state index contributed by atoms with van der Waals surface area (Å²) < 4.78 is 13.8. The van der Waals surface area contributed by atoms with Crippen molar-refractivity contribution in [2.24, 2.45) is 0 Å².